The molecule has 0 bridgehead atoms. The number of nitrogens with one attached hydrogen (secondary N) is 1. The number of allylic oxidation sites excluding steroid dienone is 1. The molecule has 1 atom stereocenters. The maximum absolute atomic E-state index is 12.8. The quantitative estimate of drug-likeness (QED) is 0.476. The summed E-state index contributed by atoms with van der Waals surface area (Å²) in [5.41, 5.74) is 2.33. The van der Waals surface area contributed by atoms with E-state index in [2.05, 4.69) is 27.5 Å². The van der Waals surface area contributed by atoms with Crippen LogP contribution in [0.25, 0.3) is 0 Å². The van der Waals surface area contributed by atoms with E-state index in [0.29, 0.717) is 28.1 Å². The van der Waals surface area contributed by atoms with Crippen molar-refractivity contribution in [2.45, 2.75) is 43.8 Å². The lowest BCUT2D eigenvalue weighted by Gasteiger charge is -2.26. The molecule has 2 aromatic heterocycles. The third kappa shape index (κ3) is 4.07. The first-order chi connectivity index (χ1) is 14.0. The number of carbonyl (C=O) groups is 1. The van der Waals surface area contributed by atoms with Crippen molar-refractivity contribution in [2.24, 2.45) is 0 Å². The number of aromatic nitrogens is 3. The summed E-state index contributed by atoms with van der Waals surface area (Å²) < 4.78 is 12.8. The van der Waals surface area contributed by atoms with Gasteiger partial charge < -0.3 is 14.5 Å². The van der Waals surface area contributed by atoms with Crippen LogP contribution in [0.1, 0.15) is 38.1 Å². The second-order valence-corrected chi connectivity index (χ2v) is 7.92. The van der Waals surface area contributed by atoms with E-state index in [9.17, 15) is 4.79 Å². The van der Waals surface area contributed by atoms with Crippen molar-refractivity contribution >= 4 is 23.7 Å². The topological polar surface area (TPSA) is 82.2 Å². The van der Waals surface area contributed by atoms with Crippen LogP contribution in [0.4, 0.5) is 5.95 Å². The Bertz CT molecular complexity index is 1030. The largest absolute Gasteiger partial charge is 0.467 e. The van der Waals surface area contributed by atoms with Crippen LogP contribution in [-0.4, -0.2) is 26.8 Å². The van der Waals surface area contributed by atoms with Crippen molar-refractivity contribution in [1.82, 2.24) is 14.8 Å². The minimum absolute atomic E-state index is 0.228. The minimum atomic E-state index is -0.536. The molecule has 1 unspecified atom stereocenters. The summed E-state index contributed by atoms with van der Waals surface area (Å²) in [5.74, 6) is 1.53. The molecule has 0 spiro atoms. The Morgan fingerprint density at radius 3 is 2.76 bits per heavy atom. The van der Waals surface area contributed by atoms with Crippen molar-refractivity contribution in [1.29, 1.82) is 0 Å². The lowest BCUT2D eigenvalue weighted by atomic mass is 10.0. The number of furan rings is 1. The molecule has 1 aliphatic heterocycles. The highest BCUT2D eigenvalue weighted by atomic mass is 32.2. The number of fused-ring (bicyclic) bond motifs is 1. The molecule has 150 valence electrons. The second-order valence-electron chi connectivity index (χ2n) is 6.97. The summed E-state index contributed by atoms with van der Waals surface area (Å²) in [5, 5.41) is 8.47. The molecule has 8 heteroatoms. The molecule has 3 heterocycles. The fourth-order valence-electron chi connectivity index (χ4n) is 3.17. The minimum Gasteiger partial charge on any atom is -0.467 e. The van der Waals surface area contributed by atoms with Gasteiger partial charge in [-0.15, -0.1) is 5.10 Å². The van der Waals surface area contributed by atoms with E-state index >= 15 is 0 Å². The number of rotatable bonds is 6. The SMILES string of the molecule is CC1=C(C(=O)OC(C)C)C(c2ccco2)n2nc(SCc3ccccc3)nc2N1. The summed E-state index contributed by atoms with van der Waals surface area (Å²) in [6.45, 7) is 5.48. The predicted molar refractivity (Wildman–Crippen MR) is 110 cm³/mol. The van der Waals surface area contributed by atoms with E-state index in [-0.39, 0.29) is 6.10 Å². The van der Waals surface area contributed by atoms with E-state index in [0.717, 1.165) is 5.75 Å². The van der Waals surface area contributed by atoms with Gasteiger partial charge in [-0.05, 0) is 38.5 Å². The highest BCUT2D eigenvalue weighted by molar-refractivity contribution is 7.98. The smallest absolute Gasteiger partial charge is 0.338 e. The molecule has 0 fully saturated rings. The molecule has 0 amide bonds. The third-order valence-electron chi connectivity index (χ3n) is 4.42. The molecule has 4 rings (SSSR count). The van der Waals surface area contributed by atoms with Gasteiger partial charge in [0, 0.05) is 11.4 Å². The van der Waals surface area contributed by atoms with Gasteiger partial charge in [-0.1, -0.05) is 42.1 Å². The summed E-state index contributed by atoms with van der Waals surface area (Å²) in [6.07, 6.45) is 1.36. The normalized spacial score (nSPS) is 15.9. The first-order valence-corrected chi connectivity index (χ1v) is 10.4. The molecular weight excluding hydrogens is 388 g/mol. The molecule has 0 saturated carbocycles. The summed E-state index contributed by atoms with van der Waals surface area (Å²) in [4.78, 5) is 17.4. The van der Waals surface area contributed by atoms with Crippen molar-refractivity contribution in [3.63, 3.8) is 0 Å². The van der Waals surface area contributed by atoms with Gasteiger partial charge in [-0.2, -0.15) is 4.98 Å². The maximum Gasteiger partial charge on any atom is 0.338 e. The second kappa shape index (κ2) is 8.16. The standard InChI is InChI=1S/C21H22N4O3S/c1-13(2)28-19(26)17-14(3)22-20-23-21(29-12-15-8-5-4-6-9-15)24-25(20)18(17)16-10-7-11-27-16/h4-11,13,18H,12H2,1-3H3,(H,22,23,24). The fraction of sp³-hybridized carbons (Fsp3) is 0.286. The number of carbonyl (C=O) groups excluding carboxylic acids is 1. The van der Waals surface area contributed by atoms with Gasteiger partial charge in [0.15, 0.2) is 0 Å². The van der Waals surface area contributed by atoms with Gasteiger partial charge in [-0.25, -0.2) is 9.48 Å². The van der Waals surface area contributed by atoms with Crippen LogP contribution in [-0.2, 0) is 15.3 Å². The Hall–Kier alpha value is -3.00. The summed E-state index contributed by atoms with van der Waals surface area (Å²) in [7, 11) is 0. The Morgan fingerprint density at radius 1 is 1.28 bits per heavy atom. The van der Waals surface area contributed by atoms with Crippen LogP contribution in [0.2, 0.25) is 0 Å². The lowest BCUT2D eigenvalue weighted by Crippen LogP contribution is -2.30. The summed E-state index contributed by atoms with van der Waals surface area (Å²) >= 11 is 1.54. The van der Waals surface area contributed by atoms with Gasteiger partial charge in [0.05, 0.1) is 17.9 Å². The van der Waals surface area contributed by atoms with Crippen LogP contribution >= 0.6 is 11.8 Å². The number of ether oxygens (including phenoxy) is 1. The Morgan fingerprint density at radius 2 is 2.07 bits per heavy atom. The van der Waals surface area contributed by atoms with Crippen LogP contribution in [0.3, 0.4) is 0 Å². The monoisotopic (exact) mass is 410 g/mol. The van der Waals surface area contributed by atoms with E-state index in [4.69, 9.17) is 9.15 Å². The molecule has 29 heavy (non-hydrogen) atoms. The molecule has 1 aromatic carbocycles. The molecular formula is C21H22N4O3S. The van der Waals surface area contributed by atoms with Crippen LogP contribution in [0.5, 0.6) is 0 Å². The third-order valence-corrected chi connectivity index (χ3v) is 5.33. The average molecular weight is 410 g/mol. The highest BCUT2D eigenvalue weighted by Gasteiger charge is 2.37. The Labute approximate surface area is 173 Å². The van der Waals surface area contributed by atoms with Gasteiger partial charge in [0.2, 0.25) is 11.1 Å². The predicted octanol–water partition coefficient (Wildman–Crippen LogP) is 4.40. The number of hydrogen-bond acceptors (Lipinski definition) is 7. The molecule has 3 aromatic rings. The van der Waals surface area contributed by atoms with E-state index in [1.165, 1.54) is 17.3 Å². The fourth-order valence-corrected chi connectivity index (χ4v) is 3.95. The molecule has 0 aliphatic carbocycles. The Kier molecular flexibility index (Phi) is 5.44. The van der Waals surface area contributed by atoms with Crippen LogP contribution < -0.4 is 5.32 Å². The summed E-state index contributed by atoms with van der Waals surface area (Å²) in [6, 6.07) is 13.2. The molecule has 0 saturated heterocycles. The van der Waals surface area contributed by atoms with E-state index in [1.54, 1.807) is 17.0 Å². The number of benzene rings is 1. The van der Waals surface area contributed by atoms with Gasteiger partial charge in [0.25, 0.3) is 0 Å². The number of hydrogen-bond donors (Lipinski definition) is 1. The van der Waals surface area contributed by atoms with Crippen molar-refractivity contribution in [2.75, 3.05) is 5.32 Å². The average Bonchev–Trinajstić information content (AvgIpc) is 3.35. The first-order valence-electron chi connectivity index (χ1n) is 9.38. The van der Waals surface area contributed by atoms with Crippen LogP contribution in [0.15, 0.2) is 69.6 Å². The van der Waals surface area contributed by atoms with E-state index < -0.39 is 12.0 Å². The Balaban J connectivity index is 1.66. The molecule has 0 radical (unpaired) electrons. The zero-order chi connectivity index (χ0) is 20.4. The zero-order valence-electron chi connectivity index (χ0n) is 16.5. The number of nitrogens with zero attached hydrogens (tertiary/aromatic N) is 3. The zero-order valence-corrected chi connectivity index (χ0v) is 17.3. The van der Waals surface area contributed by atoms with Crippen LogP contribution in [0, 0.1) is 0 Å². The van der Waals surface area contributed by atoms with Crippen molar-refractivity contribution in [3.05, 3.63) is 71.3 Å². The first kappa shape index (κ1) is 19.3. The van der Waals surface area contributed by atoms with Crippen molar-refractivity contribution in [3.8, 4) is 0 Å². The van der Waals surface area contributed by atoms with Gasteiger partial charge in [-0.3, -0.25) is 0 Å². The molecule has 1 N–H and O–H groups in total. The maximum atomic E-state index is 12.8. The van der Waals surface area contributed by atoms with E-state index in [1.807, 2.05) is 45.0 Å². The highest BCUT2D eigenvalue weighted by Crippen LogP contribution is 2.37. The molecule has 7 nitrogen and oxygen atoms in total. The van der Waals surface area contributed by atoms with Gasteiger partial charge in [0.1, 0.15) is 11.8 Å². The van der Waals surface area contributed by atoms with Gasteiger partial charge >= 0.3 is 5.97 Å². The number of esters is 1. The lowest BCUT2D eigenvalue weighted by molar-refractivity contribution is -0.143. The molecule has 1 aliphatic rings. The number of anilines is 1. The van der Waals surface area contributed by atoms with Crippen molar-refractivity contribution < 1.29 is 13.9 Å². The number of thioether (sulfide) groups is 1.